The largest absolute Gasteiger partial charge is 0.482 e. The number of rotatable bonds is 6. The molecular formula is C15H19NO4. The molecule has 1 amide bonds. The Bertz CT molecular complexity index is 496. The Kier molecular flexibility index (Phi) is 4.61. The van der Waals surface area contributed by atoms with Crippen LogP contribution < -0.4 is 10.1 Å². The normalized spacial score (nSPS) is 15.3. The predicted octanol–water partition coefficient (Wildman–Crippen LogP) is 1.58. The van der Waals surface area contributed by atoms with Crippen molar-refractivity contribution in [3.05, 3.63) is 29.8 Å². The standard InChI is InChI=1S/C15H19NO4/c1-10-5-3-4-6-13(10)19-9-14(17)20-11(2)15(18)16-12-7-8-12/h3-6,11-12H,7-9H2,1-2H3,(H,16,18)/t11-/m0/s1. The molecule has 5 nitrogen and oxygen atoms in total. The van der Waals surface area contributed by atoms with Crippen molar-refractivity contribution in [2.24, 2.45) is 0 Å². The Morgan fingerprint density at radius 2 is 2.05 bits per heavy atom. The third kappa shape index (κ3) is 4.26. The zero-order valence-corrected chi connectivity index (χ0v) is 11.7. The second kappa shape index (κ2) is 6.41. The molecule has 1 atom stereocenters. The zero-order valence-electron chi connectivity index (χ0n) is 11.7. The highest BCUT2D eigenvalue weighted by atomic mass is 16.6. The fraction of sp³-hybridized carbons (Fsp3) is 0.467. The van der Waals surface area contributed by atoms with Crippen LogP contribution in [0.15, 0.2) is 24.3 Å². The van der Waals surface area contributed by atoms with Gasteiger partial charge in [0.15, 0.2) is 12.7 Å². The highest BCUT2D eigenvalue weighted by Gasteiger charge is 2.27. The van der Waals surface area contributed by atoms with Gasteiger partial charge in [0.05, 0.1) is 0 Å². The van der Waals surface area contributed by atoms with Gasteiger partial charge in [-0.05, 0) is 38.3 Å². The number of carbonyl (C=O) groups is 2. The van der Waals surface area contributed by atoms with Crippen LogP contribution in [0.5, 0.6) is 5.75 Å². The first-order valence-electron chi connectivity index (χ1n) is 6.74. The maximum atomic E-state index is 11.6. The van der Waals surface area contributed by atoms with Crippen LogP contribution in [-0.2, 0) is 14.3 Å². The van der Waals surface area contributed by atoms with Gasteiger partial charge >= 0.3 is 5.97 Å². The van der Waals surface area contributed by atoms with E-state index in [2.05, 4.69) is 5.32 Å². The summed E-state index contributed by atoms with van der Waals surface area (Å²) in [6.45, 7) is 3.25. The van der Waals surface area contributed by atoms with Crippen molar-refractivity contribution in [1.29, 1.82) is 0 Å². The van der Waals surface area contributed by atoms with Crippen LogP contribution in [0.2, 0.25) is 0 Å². The van der Waals surface area contributed by atoms with Crippen molar-refractivity contribution in [3.63, 3.8) is 0 Å². The van der Waals surface area contributed by atoms with Gasteiger partial charge < -0.3 is 14.8 Å². The van der Waals surface area contributed by atoms with Gasteiger partial charge in [0, 0.05) is 6.04 Å². The zero-order chi connectivity index (χ0) is 14.5. The molecule has 0 aliphatic heterocycles. The maximum Gasteiger partial charge on any atom is 0.344 e. The van der Waals surface area contributed by atoms with Crippen molar-refractivity contribution in [3.8, 4) is 5.75 Å². The minimum atomic E-state index is -0.788. The quantitative estimate of drug-likeness (QED) is 0.802. The summed E-state index contributed by atoms with van der Waals surface area (Å²) in [7, 11) is 0. The minimum absolute atomic E-state index is 0.202. The monoisotopic (exact) mass is 277 g/mol. The number of carbonyl (C=O) groups excluding carboxylic acids is 2. The molecule has 0 radical (unpaired) electrons. The number of nitrogens with one attached hydrogen (secondary N) is 1. The van der Waals surface area contributed by atoms with Gasteiger partial charge in [-0.15, -0.1) is 0 Å². The van der Waals surface area contributed by atoms with Gasteiger partial charge in [-0.3, -0.25) is 4.79 Å². The topological polar surface area (TPSA) is 64.6 Å². The smallest absolute Gasteiger partial charge is 0.344 e. The van der Waals surface area contributed by atoms with Crippen LogP contribution in [0.1, 0.15) is 25.3 Å². The molecule has 1 saturated carbocycles. The minimum Gasteiger partial charge on any atom is -0.482 e. The summed E-state index contributed by atoms with van der Waals surface area (Å²) in [5, 5.41) is 2.78. The first-order valence-corrected chi connectivity index (χ1v) is 6.74. The molecule has 1 aromatic rings. The average molecular weight is 277 g/mol. The molecule has 20 heavy (non-hydrogen) atoms. The maximum absolute atomic E-state index is 11.6. The number of amides is 1. The molecular weight excluding hydrogens is 258 g/mol. The molecule has 1 fully saturated rings. The molecule has 5 heteroatoms. The summed E-state index contributed by atoms with van der Waals surface area (Å²) < 4.78 is 10.4. The van der Waals surface area contributed by atoms with E-state index in [1.54, 1.807) is 13.0 Å². The van der Waals surface area contributed by atoms with Crippen molar-refractivity contribution >= 4 is 11.9 Å². The predicted molar refractivity (Wildman–Crippen MR) is 73.4 cm³/mol. The van der Waals surface area contributed by atoms with Crippen molar-refractivity contribution < 1.29 is 19.1 Å². The molecule has 1 N–H and O–H groups in total. The third-order valence-electron chi connectivity index (χ3n) is 3.04. The van der Waals surface area contributed by atoms with E-state index in [4.69, 9.17) is 9.47 Å². The van der Waals surface area contributed by atoms with Crippen molar-refractivity contribution in [2.45, 2.75) is 38.8 Å². The number of ether oxygens (including phenoxy) is 2. The van der Waals surface area contributed by atoms with E-state index in [1.807, 2.05) is 25.1 Å². The Morgan fingerprint density at radius 3 is 2.70 bits per heavy atom. The molecule has 0 aromatic heterocycles. The van der Waals surface area contributed by atoms with Gasteiger partial charge in [-0.25, -0.2) is 4.79 Å². The van der Waals surface area contributed by atoms with Gasteiger partial charge in [-0.1, -0.05) is 18.2 Å². The third-order valence-corrected chi connectivity index (χ3v) is 3.04. The Balaban J connectivity index is 1.74. The fourth-order valence-electron chi connectivity index (χ4n) is 1.69. The Labute approximate surface area is 118 Å². The number of aryl methyl sites for hydroxylation is 1. The van der Waals surface area contributed by atoms with Crippen LogP contribution in [0.4, 0.5) is 0 Å². The average Bonchev–Trinajstić information content (AvgIpc) is 3.21. The molecule has 2 rings (SSSR count). The van der Waals surface area contributed by atoms with Gasteiger partial charge in [0.25, 0.3) is 5.91 Å². The van der Waals surface area contributed by atoms with Crippen LogP contribution in [0, 0.1) is 6.92 Å². The van der Waals surface area contributed by atoms with E-state index < -0.39 is 12.1 Å². The van der Waals surface area contributed by atoms with Gasteiger partial charge in [-0.2, -0.15) is 0 Å². The fourth-order valence-corrected chi connectivity index (χ4v) is 1.69. The number of para-hydroxylation sites is 1. The van der Waals surface area contributed by atoms with Crippen LogP contribution in [0.3, 0.4) is 0 Å². The molecule has 108 valence electrons. The van der Waals surface area contributed by atoms with Crippen molar-refractivity contribution in [2.75, 3.05) is 6.61 Å². The summed E-state index contributed by atoms with van der Waals surface area (Å²) in [6.07, 6.45) is 1.22. The van der Waals surface area contributed by atoms with E-state index in [1.165, 1.54) is 0 Å². The second-order valence-electron chi connectivity index (χ2n) is 4.97. The Hall–Kier alpha value is -2.04. The molecule has 0 spiro atoms. The van der Waals surface area contributed by atoms with E-state index in [0.29, 0.717) is 5.75 Å². The van der Waals surface area contributed by atoms with Gasteiger partial charge in [0.1, 0.15) is 5.75 Å². The summed E-state index contributed by atoms with van der Waals surface area (Å²) >= 11 is 0. The molecule has 0 unspecified atom stereocenters. The highest BCUT2D eigenvalue weighted by Crippen LogP contribution is 2.19. The summed E-state index contributed by atoms with van der Waals surface area (Å²) in [4.78, 5) is 23.2. The molecule has 0 bridgehead atoms. The molecule has 0 heterocycles. The molecule has 1 aromatic carbocycles. The molecule has 1 aliphatic rings. The number of esters is 1. The Morgan fingerprint density at radius 1 is 1.35 bits per heavy atom. The number of hydrogen-bond donors (Lipinski definition) is 1. The second-order valence-corrected chi connectivity index (χ2v) is 4.97. The van der Waals surface area contributed by atoms with E-state index in [-0.39, 0.29) is 18.6 Å². The lowest BCUT2D eigenvalue weighted by Crippen LogP contribution is -2.37. The van der Waals surface area contributed by atoms with Crippen LogP contribution in [-0.4, -0.2) is 30.6 Å². The lowest BCUT2D eigenvalue weighted by Gasteiger charge is -2.14. The van der Waals surface area contributed by atoms with E-state index in [9.17, 15) is 9.59 Å². The lowest BCUT2D eigenvalue weighted by molar-refractivity contribution is -0.156. The molecule has 0 saturated heterocycles. The first kappa shape index (κ1) is 14.4. The number of benzene rings is 1. The highest BCUT2D eigenvalue weighted by molar-refractivity contribution is 5.84. The number of hydrogen-bond acceptors (Lipinski definition) is 4. The first-order chi connectivity index (χ1) is 9.56. The van der Waals surface area contributed by atoms with Crippen LogP contribution in [0.25, 0.3) is 0 Å². The van der Waals surface area contributed by atoms with E-state index in [0.717, 1.165) is 18.4 Å². The van der Waals surface area contributed by atoms with Crippen molar-refractivity contribution in [1.82, 2.24) is 5.32 Å². The summed E-state index contributed by atoms with van der Waals surface area (Å²) in [5.41, 5.74) is 0.944. The van der Waals surface area contributed by atoms with Gasteiger partial charge in [0.2, 0.25) is 0 Å². The SMILES string of the molecule is Cc1ccccc1OCC(=O)O[C@@H](C)C(=O)NC1CC1. The van der Waals surface area contributed by atoms with E-state index >= 15 is 0 Å². The molecule has 1 aliphatic carbocycles. The summed E-state index contributed by atoms with van der Waals surface area (Å²) in [5.74, 6) is -0.164. The van der Waals surface area contributed by atoms with Crippen LogP contribution >= 0.6 is 0 Å². The summed E-state index contributed by atoms with van der Waals surface area (Å²) in [6, 6.07) is 7.66. The lowest BCUT2D eigenvalue weighted by atomic mass is 10.2.